The number of nitrogens with two attached hydrogens (primary N) is 1. The Morgan fingerprint density at radius 3 is 2.08 bits per heavy atom. The summed E-state index contributed by atoms with van der Waals surface area (Å²) in [7, 11) is 0. The minimum absolute atomic E-state index is 0. The zero-order valence-corrected chi connectivity index (χ0v) is 23.6. The Morgan fingerprint density at radius 1 is 0.875 bits per heavy atom. The van der Waals surface area contributed by atoms with Crippen molar-refractivity contribution in [3.63, 3.8) is 0 Å². The predicted octanol–water partition coefficient (Wildman–Crippen LogP) is 5.01. The van der Waals surface area contributed by atoms with E-state index in [0.29, 0.717) is 24.3 Å². The number of piperidine rings is 1. The highest BCUT2D eigenvalue weighted by Gasteiger charge is 2.42. The molecule has 1 atom stereocenters. The van der Waals surface area contributed by atoms with Crippen LogP contribution in [0.4, 0.5) is 0 Å². The lowest BCUT2D eigenvalue weighted by Crippen LogP contribution is -2.40. The van der Waals surface area contributed by atoms with Crippen LogP contribution in [-0.2, 0) is 28.2 Å². The van der Waals surface area contributed by atoms with Crippen LogP contribution >= 0.6 is 13.5 Å². The zero-order valence-electron chi connectivity index (χ0n) is 22.6. The van der Waals surface area contributed by atoms with Gasteiger partial charge in [0, 0.05) is 24.8 Å². The van der Waals surface area contributed by atoms with Crippen LogP contribution in [0.1, 0.15) is 35.2 Å². The molecule has 4 aromatic rings. The third-order valence-corrected chi connectivity index (χ3v) is 7.56. The van der Waals surface area contributed by atoms with Crippen molar-refractivity contribution in [1.29, 1.82) is 0 Å². The molecule has 2 heterocycles. The van der Waals surface area contributed by atoms with Crippen LogP contribution in [0.3, 0.4) is 0 Å². The van der Waals surface area contributed by atoms with Gasteiger partial charge in [-0.1, -0.05) is 91.0 Å². The molecule has 0 aliphatic carbocycles. The number of esters is 1. The second kappa shape index (κ2) is 13.7. The van der Waals surface area contributed by atoms with Gasteiger partial charge in [0.2, 0.25) is 5.60 Å². The number of aromatic nitrogens is 1. The number of rotatable bonds is 9. The number of carbonyl (C=O) groups is 1. The molecule has 40 heavy (non-hydrogen) atoms. The molecule has 208 valence electrons. The molecule has 0 saturated carbocycles. The van der Waals surface area contributed by atoms with Crippen molar-refractivity contribution in [1.82, 2.24) is 9.88 Å². The van der Waals surface area contributed by atoms with E-state index in [0.717, 1.165) is 49.3 Å². The van der Waals surface area contributed by atoms with Crippen molar-refractivity contribution in [2.75, 3.05) is 19.7 Å². The van der Waals surface area contributed by atoms with E-state index in [-0.39, 0.29) is 19.4 Å². The lowest BCUT2D eigenvalue weighted by atomic mass is 9.85. The largest absolute Gasteiger partial charge is 0.463 e. The quantitative estimate of drug-likeness (QED) is 0.282. The monoisotopic (exact) mass is 555 g/mol. The summed E-state index contributed by atoms with van der Waals surface area (Å²) in [6, 6.07) is 30.7. The fourth-order valence-corrected chi connectivity index (χ4v) is 5.15. The molecule has 0 unspecified atom stereocenters. The van der Waals surface area contributed by atoms with E-state index < -0.39 is 11.6 Å². The van der Waals surface area contributed by atoms with Gasteiger partial charge < -0.3 is 15.6 Å². The van der Waals surface area contributed by atoms with Crippen LogP contribution in [0.5, 0.6) is 0 Å². The highest BCUT2D eigenvalue weighted by atomic mass is 32.1. The molecule has 1 saturated heterocycles. The molecule has 1 fully saturated rings. The molecule has 0 bridgehead atoms. The van der Waals surface area contributed by atoms with E-state index in [1.54, 1.807) is 30.5 Å². The number of aliphatic hydroxyl groups is 1. The number of carbonyl (C=O) groups excluding carboxylic acids is 1. The number of likely N-dealkylation sites (tertiary alicyclic amines) is 1. The Hall–Kier alpha value is -3.49. The third-order valence-electron chi connectivity index (χ3n) is 7.56. The topological polar surface area (TPSA) is 88.7 Å². The van der Waals surface area contributed by atoms with Gasteiger partial charge in [-0.15, -0.1) is 0 Å². The van der Waals surface area contributed by atoms with Gasteiger partial charge >= 0.3 is 5.97 Å². The van der Waals surface area contributed by atoms with Crippen molar-refractivity contribution in [2.24, 2.45) is 11.7 Å². The van der Waals surface area contributed by atoms with E-state index >= 15 is 0 Å². The van der Waals surface area contributed by atoms with Gasteiger partial charge in [-0.25, -0.2) is 4.79 Å². The summed E-state index contributed by atoms with van der Waals surface area (Å²) in [6.07, 6.45) is 3.69. The molecule has 6 nitrogen and oxygen atoms in total. The number of hydrogen-bond donors (Lipinski definition) is 2. The molecular weight excluding hydrogens is 518 g/mol. The Balaban J connectivity index is 0.00000370. The lowest BCUT2D eigenvalue weighted by Gasteiger charge is -2.33. The Kier molecular flexibility index (Phi) is 10.1. The lowest BCUT2D eigenvalue weighted by molar-refractivity contribution is -0.164. The van der Waals surface area contributed by atoms with Gasteiger partial charge in [0.05, 0.1) is 12.3 Å². The second-order valence-electron chi connectivity index (χ2n) is 10.2. The molecule has 1 aromatic heterocycles. The highest BCUT2D eigenvalue weighted by molar-refractivity contribution is 7.59. The first-order valence-corrected chi connectivity index (χ1v) is 13.5. The molecule has 1 aliphatic heterocycles. The standard InChI is InChI=1S/C33H35N3O3.H2S/c34-21-31-16-13-28(22-35-31)27-11-14-30(15-12-27)33(38,29-9-5-2-6-10-29)32(37)39-24-26-17-19-36(20-18-26)23-25-7-3-1-4-8-25;/h1-16,22,26,38H,17-21,23-24,34H2;1H2/t33-;/m0./s1. The van der Waals surface area contributed by atoms with Gasteiger partial charge in [0.1, 0.15) is 0 Å². The molecule has 0 radical (unpaired) electrons. The summed E-state index contributed by atoms with van der Waals surface area (Å²) < 4.78 is 5.82. The maximum atomic E-state index is 13.5. The van der Waals surface area contributed by atoms with Crippen LogP contribution in [0.2, 0.25) is 0 Å². The Morgan fingerprint density at radius 2 is 1.48 bits per heavy atom. The number of nitrogens with zero attached hydrogens (tertiary/aromatic N) is 2. The number of benzene rings is 3. The van der Waals surface area contributed by atoms with Crippen LogP contribution in [0.15, 0.2) is 103 Å². The average molecular weight is 556 g/mol. The molecular formula is C33H37N3O3S. The van der Waals surface area contributed by atoms with E-state index in [1.165, 1.54) is 5.56 Å². The Labute approximate surface area is 243 Å². The summed E-state index contributed by atoms with van der Waals surface area (Å²) in [4.78, 5) is 20.3. The number of pyridine rings is 1. The van der Waals surface area contributed by atoms with Gasteiger partial charge in [0.25, 0.3) is 0 Å². The van der Waals surface area contributed by atoms with Gasteiger partial charge in [-0.3, -0.25) is 9.88 Å². The number of hydrogen-bond acceptors (Lipinski definition) is 6. The second-order valence-corrected chi connectivity index (χ2v) is 10.2. The Bertz CT molecular complexity index is 1340. The van der Waals surface area contributed by atoms with Crippen LogP contribution in [-0.4, -0.2) is 40.7 Å². The molecule has 5 rings (SSSR count). The minimum Gasteiger partial charge on any atom is -0.463 e. The molecule has 7 heteroatoms. The highest BCUT2D eigenvalue weighted by Crippen LogP contribution is 2.33. The SMILES string of the molecule is NCc1ccc(-c2ccc([C@](O)(C(=O)OCC3CCN(Cc4ccccc4)CC3)c3ccccc3)cc2)cn1.S. The third kappa shape index (κ3) is 6.80. The van der Waals surface area contributed by atoms with Crippen molar-refractivity contribution in [3.8, 4) is 11.1 Å². The molecule has 1 aliphatic rings. The van der Waals surface area contributed by atoms with Crippen LogP contribution in [0.25, 0.3) is 11.1 Å². The van der Waals surface area contributed by atoms with Crippen LogP contribution < -0.4 is 5.73 Å². The number of ether oxygens (including phenoxy) is 1. The summed E-state index contributed by atoms with van der Waals surface area (Å²) in [6.45, 7) is 3.54. The summed E-state index contributed by atoms with van der Waals surface area (Å²) in [5.74, 6) is -0.380. The van der Waals surface area contributed by atoms with Gasteiger partial charge in [-0.2, -0.15) is 13.5 Å². The van der Waals surface area contributed by atoms with Crippen molar-refractivity contribution in [2.45, 2.75) is 31.5 Å². The van der Waals surface area contributed by atoms with Crippen molar-refractivity contribution in [3.05, 3.63) is 126 Å². The first-order valence-electron chi connectivity index (χ1n) is 13.5. The molecule has 0 spiro atoms. The van der Waals surface area contributed by atoms with E-state index in [9.17, 15) is 9.90 Å². The molecule has 3 aromatic carbocycles. The normalized spacial score (nSPS) is 15.6. The van der Waals surface area contributed by atoms with Crippen LogP contribution in [0, 0.1) is 5.92 Å². The molecule has 0 amide bonds. The summed E-state index contributed by atoms with van der Waals surface area (Å²) in [5, 5.41) is 11.9. The summed E-state index contributed by atoms with van der Waals surface area (Å²) >= 11 is 0. The minimum atomic E-state index is -1.91. The zero-order chi connectivity index (χ0) is 27.1. The molecule has 3 N–H and O–H groups in total. The van der Waals surface area contributed by atoms with E-state index in [1.807, 2.05) is 48.5 Å². The first-order chi connectivity index (χ1) is 19.1. The smallest absolute Gasteiger partial charge is 0.347 e. The first kappa shape index (κ1) is 29.5. The fourth-order valence-electron chi connectivity index (χ4n) is 5.15. The van der Waals surface area contributed by atoms with Crippen molar-refractivity contribution < 1.29 is 14.6 Å². The average Bonchev–Trinajstić information content (AvgIpc) is 3.01. The van der Waals surface area contributed by atoms with E-state index in [2.05, 4.69) is 34.1 Å². The maximum absolute atomic E-state index is 13.5. The fraction of sp³-hybridized carbons (Fsp3) is 0.273. The van der Waals surface area contributed by atoms with Crippen molar-refractivity contribution >= 4 is 19.5 Å². The van der Waals surface area contributed by atoms with E-state index in [4.69, 9.17) is 10.5 Å². The maximum Gasteiger partial charge on any atom is 0.347 e. The van der Waals surface area contributed by atoms with Gasteiger partial charge in [-0.05, 0) is 60.2 Å². The van der Waals surface area contributed by atoms with Gasteiger partial charge in [0.15, 0.2) is 0 Å². The summed E-state index contributed by atoms with van der Waals surface area (Å²) in [5.41, 5.74) is 8.69. The predicted molar refractivity (Wildman–Crippen MR) is 163 cm³/mol.